The third-order valence-electron chi connectivity index (χ3n) is 6.26. The summed E-state index contributed by atoms with van der Waals surface area (Å²) in [5.74, 6) is -0.864. The number of hydrogen-bond acceptors (Lipinski definition) is 7. The number of rotatable bonds is 6. The van der Waals surface area contributed by atoms with Gasteiger partial charge in [0, 0.05) is 37.3 Å². The van der Waals surface area contributed by atoms with E-state index in [1.54, 1.807) is 13.8 Å². The van der Waals surface area contributed by atoms with Gasteiger partial charge in [0.25, 0.3) is 0 Å². The van der Waals surface area contributed by atoms with Crippen LogP contribution in [0.1, 0.15) is 58.8 Å². The van der Waals surface area contributed by atoms with Crippen LogP contribution in [-0.4, -0.2) is 89.3 Å². The van der Waals surface area contributed by atoms with Crippen molar-refractivity contribution in [3.8, 4) is 0 Å². The number of aldehydes is 1. The molecule has 0 aromatic carbocycles. The van der Waals surface area contributed by atoms with Crippen LogP contribution in [0.5, 0.6) is 0 Å². The lowest BCUT2D eigenvalue weighted by atomic mass is 9.86. The van der Waals surface area contributed by atoms with Gasteiger partial charge < -0.3 is 24.5 Å². The second kappa shape index (κ2) is 9.28. The number of piperidine rings is 1. The first-order valence-corrected chi connectivity index (χ1v) is 10.4. The van der Waals surface area contributed by atoms with Crippen LogP contribution in [-0.2, 0) is 20.7 Å². The molecule has 30 heavy (non-hydrogen) atoms. The number of nitrogens with one attached hydrogen (secondary N) is 1. The van der Waals surface area contributed by atoms with Crippen LogP contribution >= 0.6 is 0 Å². The zero-order chi connectivity index (χ0) is 21.9. The van der Waals surface area contributed by atoms with Gasteiger partial charge in [0.15, 0.2) is 6.29 Å². The summed E-state index contributed by atoms with van der Waals surface area (Å²) in [7, 11) is 0. The van der Waals surface area contributed by atoms with Gasteiger partial charge in [-0.3, -0.25) is 14.5 Å². The van der Waals surface area contributed by atoms with E-state index in [2.05, 4.69) is 16.8 Å². The summed E-state index contributed by atoms with van der Waals surface area (Å²) in [5.41, 5.74) is 1.08. The molecule has 2 fully saturated rings. The quantitative estimate of drug-likeness (QED) is 0.518. The van der Waals surface area contributed by atoms with Crippen LogP contribution in [0.25, 0.3) is 0 Å². The highest BCUT2D eigenvalue weighted by molar-refractivity contribution is 5.97. The molecule has 9 nitrogen and oxygen atoms in total. The SMILES string of the molecule is CCOC(=O)c1c(CC(=O)N2CCC(C)(N3CCOCC3)CC2O)[nH]c(C=O)c1C. The monoisotopic (exact) mass is 421 g/mol. The zero-order valence-corrected chi connectivity index (χ0v) is 17.9. The molecule has 2 aliphatic rings. The summed E-state index contributed by atoms with van der Waals surface area (Å²) >= 11 is 0. The number of H-pyrrole nitrogens is 1. The highest BCUT2D eigenvalue weighted by atomic mass is 16.5. The van der Waals surface area contributed by atoms with Gasteiger partial charge in [-0.05, 0) is 32.8 Å². The highest BCUT2D eigenvalue weighted by Gasteiger charge is 2.42. The van der Waals surface area contributed by atoms with E-state index in [1.807, 2.05) is 0 Å². The van der Waals surface area contributed by atoms with E-state index in [4.69, 9.17) is 9.47 Å². The van der Waals surface area contributed by atoms with Gasteiger partial charge >= 0.3 is 5.97 Å². The molecule has 3 heterocycles. The van der Waals surface area contributed by atoms with Crippen LogP contribution in [0.2, 0.25) is 0 Å². The summed E-state index contributed by atoms with van der Waals surface area (Å²) in [6.45, 7) is 9.05. The van der Waals surface area contributed by atoms with E-state index in [1.165, 1.54) is 4.90 Å². The zero-order valence-electron chi connectivity index (χ0n) is 17.9. The first kappa shape index (κ1) is 22.5. The molecule has 0 saturated carbocycles. The number of carbonyl (C=O) groups excluding carboxylic acids is 3. The molecule has 0 spiro atoms. The summed E-state index contributed by atoms with van der Waals surface area (Å²) in [4.78, 5) is 43.3. The first-order chi connectivity index (χ1) is 14.3. The van der Waals surface area contributed by atoms with Crippen LogP contribution < -0.4 is 0 Å². The van der Waals surface area contributed by atoms with Crippen molar-refractivity contribution in [2.24, 2.45) is 0 Å². The fourth-order valence-corrected chi connectivity index (χ4v) is 4.46. The number of carbonyl (C=O) groups is 3. The van der Waals surface area contributed by atoms with Crippen molar-refractivity contribution in [3.63, 3.8) is 0 Å². The Morgan fingerprint density at radius 2 is 2.03 bits per heavy atom. The largest absolute Gasteiger partial charge is 0.462 e. The number of morpholine rings is 1. The Hall–Kier alpha value is -2.23. The third kappa shape index (κ3) is 4.43. The van der Waals surface area contributed by atoms with Gasteiger partial charge in [0.2, 0.25) is 5.91 Å². The molecule has 2 unspecified atom stereocenters. The van der Waals surface area contributed by atoms with Crippen molar-refractivity contribution < 1.29 is 29.0 Å². The standard InChI is InChI=1S/C21H31N3O6/c1-4-30-20(28)19-14(2)16(13-25)22-15(19)11-17(26)24-6-5-21(3,12-18(24)27)23-7-9-29-10-8-23/h13,18,22,27H,4-12H2,1-3H3. The number of aromatic nitrogens is 1. The fraction of sp³-hybridized carbons (Fsp3) is 0.667. The maximum absolute atomic E-state index is 13.0. The smallest absolute Gasteiger partial charge is 0.340 e. The van der Waals surface area contributed by atoms with Gasteiger partial charge in [0.05, 0.1) is 37.5 Å². The fourth-order valence-electron chi connectivity index (χ4n) is 4.46. The average Bonchev–Trinajstić information content (AvgIpc) is 3.03. The number of nitrogens with zero attached hydrogens (tertiary/aromatic N) is 2. The van der Waals surface area contributed by atoms with Gasteiger partial charge in [0.1, 0.15) is 6.23 Å². The Morgan fingerprint density at radius 1 is 1.33 bits per heavy atom. The number of aliphatic hydroxyl groups excluding tert-OH is 1. The maximum Gasteiger partial charge on any atom is 0.340 e. The van der Waals surface area contributed by atoms with E-state index >= 15 is 0 Å². The topological polar surface area (TPSA) is 112 Å². The van der Waals surface area contributed by atoms with Gasteiger partial charge in [-0.1, -0.05) is 0 Å². The van der Waals surface area contributed by atoms with E-state index < -0.39 is 12.2 Å². The van der Waals surface area contributed by atoms with Crippen LogP contribution in [0.3, 0.4) is 0 Å². The summed E-state index contributed by atoms with van der Waals surface area (Å²) < 4.78 is 10.5. The average molecular weight is 421 g/mol. The van der Waals surface area contributed by atoms with E-state index in [-0.39, 0.29) is 35.7 Å². The maximum atomic E-state index is 13.0. The van der Waals surface area contributed by atoms with Crippen LogP contribution in [0.4, 0.5) is 0 Å². The molecule has 0 bridgehead atoms. The molecule has 1 aromatic heterocycles. The minimum Gasteiger partial charge on any atom is -0.462 e. The van der Waals surface area contributed by atoms with Crippen molar-refractivity contribution >= 4 is 18.2 Å². The Labute approximate surface area is 176 Å². The predicted octanol–water partition coefficient (Wildman–Crippen LogP) is 0.887. The van der Waals surface area contributed by atoms with Crippen LogP contribution in [0.15, 0.2) is 0 Å². The molecule has 2 N–H and O–H groups in total. The normalized spacial score (nSPS) is 25.2. The van der Waals surface area contributed by atoms with Crippen molar-refractivity contribution in [1.29, 1.82) is 0 Å². The molecular weight excluding hydrogens is 390 g/mol. The number of hydrogen-bond donors (Lipinski definition) is 2. The Balaban J connectivity index is 1.72. The summed E-state index contributed by atoms with van der Waals surface area (Å²) in [5, 5.41) is 10.7. The second-order valence-corrected chi connectivity index (χ2v) is 8.15. The summed E-state index contributed by atoms with van der Waals surface area (Å²) in [6, 6.07) is 0. The Kier molecular flexibility index (Phi) is 6.95. The Bertz CT molecular complexity index is 801. The number of ether oxygens (including phenoxy) is 2. The molecular formula is C21H31N3O6. The number of likely N-dealkylation sites (tertiary alicyclic amines) is 1. The molecule has 2 atom stereocenters. The summed E-state index contributed by atoms with van der Waals surface area (Å²) in [6.07, 6.45) is 0.784. The minimum atomic E-state index is -0.910. The lowest BCUT2D eigenvalue weighted by molar-refractivity contribution is -0.153. The first-order valence-electron chi connectivity index (χ1n) is 10.4. The molecule has 3 rings (SSSR count). The molecule has 1 amide bonds. The van der Waals surface area contributed by atoms with E-state index in [9.17, 15) is 19.5 Å². The van der Waals surface area contributed by atoms with Gasteiger partial charge in [-0.2, -0.15) is 0 Å². The van der Waals surface area contributed by atoms with Crippen molar-refractivity contribution in [1.82, 2.24) is 14.8 Å². The number of amides is 1. The Morgan fingerprint density at radius 3 is 2.63 bits per heavy atom. The predicted molar refractivity (Wildman–Crippen MR) is 108 cm³/mol. The lowest BCUT2D eigenvalue weighted by Gasteiger charge is -2.49. The van der Waals surface area contributed by atoms with Gasteiger partial charge in [-0.15, -0.1) is 0 Å². The lowest BCUT2D eigenvalue weighted by Crippen LogP contribution is -2.60. The van der Waals surface area contributed by atoms with E-state index in [0.717, 1.165) is 19.5 Å². The molecule has 1 aromatic rings. The molecule has 9 heteroatoms. The third-order valence-corrected chi connectivity index (χ3v) is 6.26. The number of aliphatic hydroxyl groups is 1. The second-order valence-electron chi connectivity index (χ2n) is 8.15. The minimum absolute atomic E-state index is 0.117. The molecule has 2 saturated heterocycles. The van der Waals surface area contributed by atoms with Crippen LogP contribution in [0, 0.1) is 6.92 Å². The van der Waals surface area contributed by atoms with Gasteiger partial charge in [-0.25, -0.2) is 4.79 Å². The molecule has 0 aliphatic carbocycles. The van der Waals surface area contributed by atoms with E-state index in [0.29, 0.717) is 43.7 Å². The number of aromatic amines is 1. The molecule has 166 valence electrons. The molecule has 0 radical (unpaired) electrons. The van der Waals surface area contributed by atoms with Crippen molar-refractivity contribution in [3.05, 3.63) is 22.5 Å². The molecule has 2 aliphatic heterocycles. The number of esters is 1. The van der Waals surface area contributed by atoms with Crippen molar-refractivity contribution in [2.45, 2.75) is 51.8 Å². The highest BCUT2D eigenvalue weighted by Crippen LogP contribution is 2.32. The van der Waals surface area contributed by atoms with Crippen molar-refractivity contribution in [2.75, 3.05) is 39.5 Å².